The van der Waals surface area contributed by atoms with E-state index in [-0.39, 0.29) is 5.91 Å². The molecule has 5 rings (SSSR count). The largest absolute Gasteiger partial charge is 0.487 e. The standard InChI is InChI=1S/C25H18N4O2S/c30-24(29-25-28-23(16-32-25)19-5-3-13-26-14-19)18-8-11-21(12-9-18)31-15-20-10-7-17-4-1-2-6-22(17)27-20/h1-14,16H,15H2,(H,28,29,30). The third-order valence-electron chi connectivity index (χ3n) is 4.84. The summed E-state index contributed by atoms with van der Waals surface area (Å²) < 4.78 is 5.84. The molecule has 156 valence electrons. The lowest BCUT2D eigenvalue weighted by Gasteiger charge is -2.08. The fourth-order valence-electron chi connectivity index (χ4n) is 3.20. The maximum Gasteiger partial charge on any atom is 0.257 e. The van der Waals surface area contributed by atoms with Crippen LogP contribution in [0.1, 0.15) is 16.1 Å². The molecule has 0 fully saturated rings. The van der Waals surface area contributed by atoms with E-state index < -0.39 is 0 Å². The third-order valence-corrected chi connectivity index (χ3v) is 5.60. The number of hydrogen-bond donors (Lipinski definition) is 1. The first kappa shape index (κ1) is 19.8. The van der Waals surface area contributed by atoms with E-state index in [0.717, 1.165) is 27.9 Å². The van der Waals surface area contributed by atoms with E-state index in [4.69, 9.17) is 4.74 Å². The number of carbonyl (C=O) groups excluding carboxylic acids is 1. The summed E-state index contributed by atoms with van der Waals surface area (Å²) in [6, 6.07) is 22.8. The van der Waals surface area contributed by atoms with Crippen molar-refractivity contribution in [2.45, 2.75) is 6.61 Å². The van der Waals surface area contributed by atoms with Crippen molar-refractivity contribution in [3.8, 4) is 17.0 Å². The van der Waals surface area contributed by atoms with Crippen molar-refractivity contribution in [1.82, 2.24) is 15.0 Å². The number of nitrogens with zero attached hydrogens (tertiary/aromatic N) is 3. The summed E-state index contributed by atoms with van der Waals surface area (Å²) in [5, 5.41) is 6.37. The first-order valence-electron chi connectivity index (χ1n) is 9.99. The minimum Gasteiger partial charge on any atom is -0.487 e. The number of benzene rings is 2. The van der Waals surface area contributed by atoms with Crippen molar-refractivity contribution < 1.29 is 9.53 Å². The summed E-state index contributed by atoms with van der Waals surface area (Å²) in [7, 11) is 0. The lowest BCUT2D eigenvalue weighted by molar-refractivity contribution is 0.102. The van der Waals surface area contributed by atoms with Crippen LogP contribution in [0.25, 0.3) is 22.2 Å². The number of anilines is 1. The highest BCUT2D eigenvalue weighted by molar-refractivity contribution is 7.14. The molecule has 0 saturated carbocycles. The summed E-state index contributed by atoms with van der Waals surface area (Å²) in [5.41, 5.74) is 4.00. The van der Waals surface area contributed by atoms with Gasteiger partial charge in [0.2, 0.25) is 0 Å². The molecule has 0 radical (unpaired) electrons. The van der Waals surface area contributed by atoms with Crippen LogP contribution in [0.3, 0.4) is 0 Å². The van der Waals surface area contributed by atoms with Gasteiger partial charge in [-0.3, -0.25) is 15.1 Å². The molecule has 0 spiro atoms. The average molecular weight is 439 g/mol. The summed E-state index contributed by atoms with van der Waals surface area (Å²) in [4.78, 5) is 25.7. The zero-order valence-electron chi connectivity index (χ0n) is 16.9. The molecule has 0 unspecified atom stereocenters. The van der Waals surface area contributed by atoms with Gasteiger partial charge >= 0.3 is 0 Å². The third kappa shape index (κ3) is 4.48. The van der Waals surface area contributed by atoms with Crippen molar-refractivity contribution in [1.29, 1.82) is 0 Å². The molecule has 1 amide bonds. The van der Waals surface area contributed by atoms with E-state index >= 15 is 0 Å². The van der Waals surface area contributed by atoms with E-state index in [1.807, 2.05) is 53.9 Å². The average Bonchev–Trinajstić information content (AvgIpc) is 3.32. The molecule has 2 aromatic carbocycles. The van der Waals surface area contributed by atoms with E-state index in [9.17, 15) is 4.79 Å². The molecule has 1 N–H and O–H groups in total. The number of amides is 1. The zero-order valence-corrected chi connectivity index (χ0v) is 17.8. The summed E-state index contributed by atoms with van der Waals surface area (Å²) in [5.74, 6) is 0.449. The Morgan fingerprint density at radius 3 is 2.66 bits per heavy atom. The van der Waals surface area contributed by atoms with Crippen LogP contribution in [0, 0.1) is 0 Å². The van der Waals surface area contributed by atoms with Gasteiger partial charge in [-0.2, -0.15) is 0 Å². The Balaban J connectivity index is 1.20. The van der Waals surface area contributed by atoms with Crippen LogP contribution in [0.4, 0.5) is 5.13 Å². The molecular formula is C25H18N4O2S. The highest BCUT2D eigenvalue weighted by Crippen LogP contribution is 2.25. The van der Waals surface area contributed by atoms with Gasteiger partial charge in [0.25, 0.3) is 5.91 Å². The van der Waals surface area contributed by atoms with Crippen molar-refractivity contribution in [2.75, 3.05) is 5.32 Å². The molecular weight excluding hydrogens is 420 g/mol. The SMILES string of the molecule is O=C(Nc1nc(-c2cccnc2)cs1)c1ccc(OCc2ccc3ccccc3n2)cc1. The van der Waals surface area contributed by atoms with Gasteiger partial charge in [-0.1, -0.05) is 24.3 Å². The van der Waals surface area contributed by atoms with Gasteiger partial charge < -0.3 is 4.74 Å². The van der Waals surface area contributed by atoms with Crippen molar-refractivity contribution in [2.24, 2.45) is 0 Å². The Morgan fingerprint density at radius 1 is 0.938 bits per heavy atom. The lowest BCUT2D eigenvalue weighted by atomic mass is 10.2. The number of rotatable bonds is 6. The monoisotopic (exact) mass is 438 g/mol. The minimum atomic E-state index is -0.222. The Labute approximate surface area is 188 Å². The fourth-order valence-corrected chi connectivity index (χ4v) is 3.91. The fraction of sp³-hybridized carbons (Fsp3) is 0.0400. The van der Waals surface area contributed by atoms with Gasteiger partial charge in [0.15, 0.2) is 5.13 Å². The van der Waals surface area contributed by atoms with Crippen molar-refractivity contribution in [3.05, 3.63) is 102 Å². The zero-order chi connectivity index (χ0) is 21.8. The molecule has 0 bridgehead atoms. The number of ether oxygens (including phenoxy) is 1. The number of nitrogens with one attached hydrogen (secondary N) is 1. The molecule has 0 saturated heterocycles. The van der Waals surface area contributed by atoms with E-state index in [0.29, 0.717) is 23.1 Å². The second kappa shape index (κ2) is 8.95. The quantitative estimate of drug-likeness (QED) is 0.374. The first-order chi connectivity index (χ1) is 15.7. The molecule has 32 heavy (non-hydrogen) atoms. The van der Waals surface area contributed by atoms with Crippen LogP contribution in [0.15, 0.2) is 90.6 Å². The number of fused-ring (bicyclic) bond motifs is 1. The summed E-state index contributed by atoms with van der Waals surface area (Å²) in [6.07, 6.45) is 3.46. The Hall–Kier alpha value is -4.10. The molecule has 3 heterocycles. The molecule has 7 heteroatoms. The van der Waals surface area contributed by atoms with Crippen LogP contribution in [-0.2, 0) is 6.61 Å². The summed E-state index contributed by atoms with van der Waals surface area (Å²) >= 11 is 1.37. The van der Waals surface area contributed by atoms with E-state index in [1.54, 1.807) is 36.7 Å². The summed E-state index contributed by atoms with van der Waals surface area (Å²) in [6.45, 7) is 0.354. The number of para-hydroxylation sites is 1. The molecule has 5 aromatic rings. The van der Waals surface area contributed by atoms with Gasteiger partial charge in [-0.25, -0.2) is 9.97 Å². The van der Waals surface area contributed by atoms with Crippen LogP contribution in [-0.4, -0.2) is 20.9 Å². The number of aromatic nitrogens is 3. The molecule has 0 aliphatic rings. The first-order valence-corrected chi connectivity index (χ1v) is 10.9. The molecule has 3 aromatic heterocycles. The normalized spacial score (nSPS) is 10.8. The number of pyridine rings is 2. The predicted octanol–water partition coefficient (Wildman–Crippen LogP) is 5.58. The number of thiazole rings is 1. The maximum absolute atomic E-state index is 12.6. The van der Waals surface area contributed by atoms with Crippen LogP contribution in [0.2, 0.25) is 0 Å². The van der Waals surface area contributed by atoms with Crippen LogP contribution < -0.4 is 10.1 Å². The van der Waals surface area contributed by atoms with Gasteiger partial charge in [-0.15, -0.1) is 11.3 Å². The number of hydrogen-bond acceptors (Lipinski definition) is 6. The van der Waals surface area contributed by atoms with Gasteiger partial charge in [-0.05, 0) is 48.5 Å². The van der Waals surface area contributed by atoms with Gasteiger partial charge in [0, 0.05) is 34.3 Å². The van der Waals surface area contributed by atoms with Crippen LogP contribution in [0.5, 0.6) is 5.75 Å². The predicted molar refractivity (Wildman–Crippen MR) is 126 cm³/mol. The second-order valence-electron chi connectivity index (χ2n) is 7.04. The Bertz CT molecular complexity index is 1370. The topological polar surface area (TPSA) is 77.0 Å². The van der Waals surface area contributed by atoms with Gasteiger partial charge in [0.05, 0.1) is 16.9 Å². The van der Waals surface area contributed by atoms with Crippen LogP contribution >= 0.6 is 11.3 Å². The molecule has 0 atom stereocenters. The Kier molecular flexibility index (Phi) is 5.55. The molecule has 0 aliphatic carbocycles. The van der Waals surface area contributed by atoms with Gasteiger partial charge in [0.1, 0.15) is 12.4 Å². The second-order valence-corrected chi connectivity index (χ2v) is 7.90. The lowest BCUT2D eigenvalue weighted by Crippen LogP contribution is -2.11. The minimum absolute atomic E-state index is 0.222. The highest BCUT2D eigenvalue weighted by Gasteiger charge is 2.10. The van der Waals surface area contributed by atoms with Crippen molar-refractivity contribution >= 4 is 33.3 Å². The van der Waals surface area contributed by atoms with Crippen molar-refractivity contribution in [3.63, 3.8) is 0 Å². The number of carbonyl (C=O) groups is 1. The molecule has 6 nitrogen and oxygen atoms in total. The van der Waals surface area contributed by atoms with E-state index in [1.165, 1.54) is 11.3 Å². The smallest absolute Gasteiger partial charge is 0.257 e. The van der Waals surface area contributed by atoms with E-state index in [2.05, 4.69) is 20.3 Å². The molecule has 0 aliphatic heterocycles. The Morgan fingerprint density at radius 2 is 1.81 bits per heavy atom. The highest BCUT2D eigenvalue weighted by atomic mass is 32.1. The maximum atomic E-state index is 12.6.